The van der Waals surface area contributed by atoms with Crippen LogP contribution in [0.1, 0.15) is 18.1 Å². The van der Waals surface area contributed by atoms with E-state index in [4.69, 9.17) is 10.5 Å². The molecule has 0 aromatic heterocycles. The number of nitriles is 1. The topological polar surface area (TPSA) is 96.3 Å². The molecular formula is C19H18N2O3S. The first-order valence-electron chi connectivity index (χ1n) is 7.61. The molecule has 3 N–H and O–H groups in total. The average Bonchev–Trinajstić information content (AvgIpc) is 2.61. The average molecular weight is 354 g/mol. The zero-order valence-electron chi connectivity index (χ0n) is 13.7. The molecule has 0 saturated carbocycles. The Morgan fingerprint density at radius 3 is 2.76 bits per heavy atom. The van der Waals surface area contributed by atoms with Crippen molar-refractivity contribution in [2.24, 2.45) is 5.73 Å². The second kappa shape index (κ2) is 8.38. The maximum Gasteiger partial charge on any atom is 0.241 e. The lowest BCUT2D eigenvalue weighted by molar-refractivity contribution is -0.113. The quantitative estimate of drug-likeness (QED) is 0.451. The number of nitrogens with two attached hydrogens (primary N) is 1. The van der Waals surface area contributed by atoms with Crippen molar-refractivity contribution < 1.29 is 14.6 Å². The summed E-state index contributed by atoms with van der Waals surface area (Å²) < 4.78 is 5.78. The summed E-state index contributed by atoms with van der Waals surface area (Å²) in [5.74, 6) is -0.470. The second-order valence-electron chi connectivity index (χ2n) is 5.09. The van der Waals surface area contributed by atoms with Gasteiger partial charge in [0, 0.05) is 18.2 Å². The van der Waals surface area contributed by atoms with Crippen LogP contribution in [0, 0.1) is 11.3 Å². The number of primary amides is 1. The molecule has 5 nitrogen and oxygen atoms in total. The molecule has 0 aliphatic rings. The fourth-order valence-electron chi connectivity index (χ4n) is 2.22. The fraction of sp³-hybridized carbons (Fsp3) is 0.158. The number of para-hydroxylation sites is 1. The number of carbonyl (C=O) groups is 1. The van der Waals surface area contributed by atoms with E-state index in [0.717, 1.165) is 11.8 Å². The van der Waals surface area contributed by atoms with Gasteiger partial charge in [-0.05, 0) is 36.8 Å². The van der Waals surface area contributed by atoms with Crippen LogP contribution in [0.2, 0.25) is 0 Å². The summed E-state index contributed by atoms with van der Waals surface area (Å²) in [4.78, 5) is 10.1. The fourth-order valence-corrected chi connectivity index (χ4v) is 3.31. The Balaban J connectivity index is 2.47. The van der Waals surface area contributed by atoms with Gasteiger partial charge in [-0.1, -0.05) is 42.1 Å². The number of benzene rings is 2. The number of thioether (sulfide) groups is 1. The van der Waals surface area contributed by atoms with Gasteiger partial charge in [-0.15, -0.1) is 0 Å². The van der Waals surface area contributed by atoms with Crippen molar-refractivity contribution in [3.8, 4) is 11.8 Å². The molecule has 0 aliphatic heterocycles. The van der Waals surface area contributed by atoms with E-state index in [1.807, 2.05) is 0 Å². The number of aromatic hydroxyl groups is 1. The molecule has 2 aromatic carbocycles. The Morgan fingerprint density at radius 2 is 2.12 bits per heavy atom. The van der Waals surface area contributed by atoms with Gasteiger partial charge in [-0.2, -0.15) is 5.26 Å². The first-order valence-corrected chi connectivity index (χ1v) is 8.42. The SMILES string of the molecule is CCOC(C#N)(Sc1ccccc1O)c1cccc(/C=C/C(N)=O)c1. The van der Waals surface area contributed by atoms with Gasteiger partial charge in [0.1, 0.15) is 11.8 Å². The molecule has 0 spiro atoms. The largest absolute Gasteiger partial charge is 0.507 e. The number of ether oxygens (including phenoxy) is 1. The zero-order valence-corrected chi connectivity index (χ0v) is 14.5. The third kappa shape index (κ3) is 4.63. The van der Waals surface area contributed by atoms with Crippen LogP contribution < -0.4 is 5.73 Å². The first-order chi connectivity index (χ1) is 12.0. The molecule has 0 bridgehead atoms. The predicted molar refractivity (Wildman–Crippen MR) is 97.6 cm³/mol. The lowest BCUT2D eigenvalue weighted by Crippen LogP contribution is -2.24. The number of phenols is 1. The molecule has 1 atom stereocenters. The van der Waals surface area contributed by atoms with Crippen molar-refractivity contribution in [2.75, 3.05) is 6.61 Å². The molecule has 0 aliphatic carbocycles. The Kier molecular flexibility index (Phi) is 6.23. The van der Waals surface area contributed by atoms with Gasteiger partial charge in [-0.3, -0.25) is 4.79 Å². The Morgan fingerprint density at radius 1 is 1.36 bits per heavy atom. The van der Waals surface area contributed by atoms with Crippen molar-refractivity contribution in [1.82, 2.24) is 0 Å². The minimum atomic E-state index is -1.33. The molecule has 0 heterocycles. The van der Waals surface area contributed by atoms with Crippen molar-refractivity contribution in [2.45, 2.75) is 16.8 Å². The van der Waals surface area contributed by atoms with Gasteiger partial charge in [0.25, 0.3) is 0 Å². The molecule has 2 rings (SSSR count). The highest BCUT2D eigenvalue weighted by Gasteiger charge is 2.35. The first kappa shape index (κ1) is 18.6. The summed E-state index contributed by atoms with van der Waals surface area (Å²) in [5.41, 5.74) is 6.45. The molecule has 6 heteroatoms. The molecule has 1 amide bonds. The summed E-state index contributed by atoms with van der Waals surface area (Å²) in [6.45, 7) is 2.11. The third-order valence-electron chi connectivity index (χ3n) is 3.32. The highest BCUT2D eigenvalue weighted by Crippen LogP contribution is 2.45. The maximum atomic E-state index is 10.9. The van der Waals surface area contributed by atoms with Gasteiger partial charge in [-0.25, -0.2) is 0 Å². The van der Waals surface area contributed by atoms with Gasteiger partial charge in [0.2, 0.25) is 10.8 Å². The highest BCUT2D eigenvalue weighted by atomic mass is 32.2. The van der Waals surface area contributed by atoms with Crippen LogP contribution in [0.5, 0.6) is 5.75 Å². The number of rotatable bonds is 7. The van der Waals surface area contributed by atoms with Crippen molar-refractivity contribution >= 4 is 23.7 Å². The number of phenolic OH excluding ortho intramolecular Hbond substituents is 1. The number of hydrogen-bond acceptors (Lipinski definition) is 5. The highest BCUT2D eigenvalue weighted by molar-refractivity contribution is 8.00. The van der Waals surface area contributed by atoms with Crippen LogP contribution in [0.4, 0.5) is 0 Å². The smallest absolute Gasteiger partial charge is 0.241 e. The molecular weight excluding hydrogens is 336 g/mol. The number of carbonyl (C=O) groups excluding carboxylic acids is 1. The van der Waals surface area contributed by atoms with Crippen molar-refractivity contribution in [1.29, 1.82) is 5.26 Å². The maximum absolute atomic E-state index is 10.9. The Bertz CT molecular complexity index is 829. The van der Waals surface area contributed by atoms with E-state index in [9.17, 15) is 15.2 Å². The number of hydrogen-bond donors (Lipinski definition) is 2. The van der Waals surface area contributed by atoms with Gasteiger partial charge in [0.15, 0.2) is 0 Å². The monoisotopic (exact) mass is 354 g/mol. The summed E-state index contributed by atoms with van der Waals surface area (Å²) in [6, 6.07) is 16.1. The van der Waals surface area contributed by atoms with Gasteiger partial charge in [0.05, 0.1) is 4.90 Å². The lowest BCUT2D eigenvalue weighted by Gasteiger charge is -2.26. The number of nitrogens with zero attached hydrogens (tertiary/aromatic N) is 1. The van der Waals surface area contributed by atoms with E-state index in [-0.39, 0.29) is 5.75 Å². The second-order valence-corrected chi connectivity index (χ2v) is 6.31. The van der Waals surface area contributed by atoms with Crippen LogP contribution >= 0.6 is 11.8 Å². The molecule has 25 heavy (non-hydrogen) atoms. The predicted octanol–water partition coefficient (Wildman–Crippen LogP) is 3.40. The van der Waals surface area contributed by atoms with E-state index in [2.05, 4.69) is 6.07 Å². The van der Waals surface area contributed by atoms with Crippen LogP contribution in [-0.2, 0) is 14.5 Å². The zero-order chi connectivity index (χ0) is 18.3. The van der Waals surface area contributed by atoms with Gasteiger partial charge >= 0.3 is 0 Å². The van der Waals surface area contributed by atoms with E-state index in [1.54, 1.807) is 61.5 Å². The van der Waals surface area contributed by atoms with E-state index < -0.39 is 10.8 Å². The molecule has 128 valence electrons. The summed E-state index contributed by atoms with van der Waals surface area (Å²) in [5, 5.41) is 19.9. The summed E-state index contributed by atoms with van der Waals surface area (Å²) >= 11 is 1.12. The van der Waals surface area contributed by atoms with Crippen LogP contribution in [0.25, 0.3) is 6.08 Å². The standard InChI is InChI=1S/C19H18N2O3S/c1-2-24-19(13-20,25-17-9-4-3-8-16(17)22)15-7-5-6-14(12-15)10-11-18(21)23/h3-12,22H,2H2,1H3,(H2,21,23)/b11-10+. The summed E-state index contributed by atoms with van der Waals surface area (Å²) in [7, 11) is 0. The molecule has 1 unspecified atom stereocenters. The van der Waals surface area contributed by atoms with Gasteiger partial charge < -0.3 is 15.6 Å². The summed E-state index contributed by atoms with van der Waals surface area (Å²) in [6.07, 6.45) is 2.83. The molecule has 0 fully saturated rings. The Hall–Kier alpha value is -2.75. The lowest BCUT2D eigenvalue weighted by atomic mass is 10.1. The number of amides is 1. The molecule has 2 aromatic rings. The molecule has 0 saturated heterocycles. The van der Waals surface area contributed by atoms with E-state index in [0.29, 0.717) is 22.6 Å². The minimum Gasteiger partial charge on any atom is -0.507 e. The van der Waals surface area contributed by atoms with Crippen LogP contribution in [0.15, 0.2) is 59.5 Å². The van der Waals surface area contributed by atoms with Crippen molar-refractivity contribution in [3.05, 3.63) is 65.7 Å². The van der Waals surface area contributed by atoms with E-state index >= 15 is 0 Å². The van der Waals surface area contributed by atoms with Crippen LogP contribution in [-0.4, -0.2) is 17.6 Å². The minimum absolute atomic E-state index is 0.0802. The van der Waals surface area contributed by atoms with Crippen LogP contribution in [0.3, 0.4) is 0 Å². The Labute approximate surface area is 150 Å². The molecule has 0 radical (unpaired) electrons. The third-order valence-corrected chi connectivity index (χ3v) is 4.62. The van der Waals surface area contributed by atoms with E-state index in [1.165, 1.54) is 6.08 Å². The van der Waals surface area contributed by atoms with Crippen molar-refractivity contribution in [3.63, 3.8) is 0 Å². The normalized spacial score (nSPS) is 13.3.